The van der Waals surface area contributed by atoms with E-state index >= 15 is 0 Å². The number of thiazole rings is 1. The number of likely N-dealkylation sites (tertiary alicyclic amines) is 1. The molecule has 1 amide bonds. The number of sulfonamides is 1. The quantitative estimate of drug-likeness (QED) is 0.270. The number of amides is 1. The molecule has 3 aliphatic rings. The van der Waals surface area contributed by atoms with Gasteiger partial charge in [-0.2, -0.15) is 4.72 Å². The van der Waals surface area contributed by atoms with Crippen molar-refractivity contribution in [2.24, 2.45) is 5.92 Å². The third kappa shape index (κ3) is 8.12. The van der Waals surface area contributed by atoms with Gasteiger partial charge in [0.05, 0.1) is 12.2 Å². The van der Waals surface area contributed by atoms with Gasteiger partial charge in [-0.3, -0.25) is 4.79 Å². The zero-order valence-corrected chi connectivity index (χ0v) is 29.5. The molecule has 0 bridgehead atoms. The van der Waals surface area contributed by atoms with Gasteiger partial charge in [-0.25, -0.2) is 23.2 Å². The largest absolute Gasteiger partial charge is 0.573 e. The van der Waals surface area contributed by atoms with E-state index < -0.39 is 76.8 Å². The zero-order chi connectivity index (χ0) is 37.4. The van der Waals surface area contributed by atoms with Gasteiger partial charge in [0.2, 0.25) is 5.91 Å². The van der Waals surface area contributed by atoms with Crippen LogP contribution >= 0.6 is 11.3 Å². The molecule has 3 N–H and O–H groups in total. The predicted molar refractivity (Wildman–Crippen MR) is 178 cm³/mol. The number of nitrogens with one attached hydrogen (secondary N) is 1. The Morgan fingerprint density at radius 3 is 2.60 bits per heavy atom. The number of hydrogen-bond acceptors (Lipinski definition) is 14. The minimum Gasteiger partial charge on any atom is -0.550 e. The minimum atomic E-state index is -5.11. The van der Waals surface area contributed by atoms with Crippen molar-refractivity contribution in [3.8, 4) is 5.75 Å². The number of carbonyl (C=O) groups is 3. The second-order valence-electron chi connectivity index (χ2n) is 13.0. The lowest BCUT2D eigenvalue weighted by atomic mass is 9.76. The van der Waals surface area contributed by atoms with Crippen LogP contribution in [0.4, 0.5) is 28.9 Å². The number of carboxylic acids is 1. The lowest BCUT2D eigenvalue weighted by Gasteiger charge is -2.43. The summed E-state index contributed by atoms with van der Waals surface area (Å²) in [6.07, 6.45) is -2.25. The van der Waals surface area contributed by atoms with Crippen LogP contribution in [0.15, 0.2) is 34.8 Å². The topological polar surface area (TPSA) is 206 Å². The van der Waals surface area contributed by atoms with Crippen LogP contribution in [0.3, 0.4) is 0 Å². The van der Waals surface area contributed by atoms with Crippen molar-refractivity contribution in [2.75, 3.05) is 36.9 Å². The monoisotopic (exact) mass is 769 g/mol. The zero-order valence-electron chi connectivity index (χ0n) is 27.8. The summed E-state index contributed by atoms with van der Waals surface area (Å²) in [7, 11) is -4.21. The SMILES string of the molecule is C[C@H](COC(=O)OC1CCCC(c2cc3ccnc(N)c3cc2OC(F)(F)F)C1N1CC[C@H](NS(=O)(=O)c2cnc(N3CCCC3)s2)C1=O)C(=O)[O-]. The molecule has 20 heteroatoms. The molecule has 282 valence electrons. The second-order valence-corrected chi connectivity index (χ2v) is 15.9. The van der Waals surface area contributed by atoms with E-state index in [2.05, 4.69) is 19.4 Å². The van der Waals surface area contributed by atoms with E-state index in [9.17, 15) is 41.1 Å². The van der Waals surface area contributed by atoms with E-state index in [1.54, 1.807) is 6.07 Å². The maximum absolute atomic E-state index is 14.1. The van der Waals surface area contributed by atoms with E-state index in [0.29, 0.717) is 16.9 Å². The van der Waals surface area contributed by atoms with E-state index in [1.807, 2.05) is 4.90 Å². The molecule has 1 saturated carbocycles. The van der Waals surface area contributed by atoms with E-state index in [-0.39, 0.29) is 46.8 Å². The predicted octanol–water partition coefficient (Wildman–Crippen LogP) is 2.90. The molecule has 15 nitrogen and oxygen atoms in total. The molecular weight excluding hydrogens is 734 g/mol. The summed E-state index contributed by atoms with van der Waals surface area (Å²) < 4.78 is 85.8. The first-order valence-corrected chi connectivity index (χ1v) is 18.9. The molecule has 5 atom stereocenters. The van der Waals surface area contributed by atoms with Gasteiger partial charge in [-0.05, 0) is 62.1 Å². The Bertz CT molecular complexity index is 1940. The molecule has 6 rings (SSSR count). The number of hydrogen-bond donors (Lipinski definition) is 2. The molecule has 3 aromatic rings. The molecule has 2 saturated heterocycles. The molecule has 52 heavy (non-hydrogen) atoms. The third-order valence-corrected chi connectivity index (χ3v) is 12.5. The summed E-state index contributed by atoms with van der Waals surface area (Å²) in [5.41, 5.74) is 6.02. The summed E-state index contributed by atoms with van der Waals surface area (Å²) in [5.74, 6) is -4.86. The maximum Gasteiger partial charge on any atom is 0.573 e. The summed E-state index contributed by atoms with van der Waals surface area (Å²) in [4.78, 5) is 49.6. The van der Waals surface area contributed by atoms with Crippen molar-refractivity contribution in [1.82, 2.24) is 19.6 Å². The highest BCUT2D eigenvalue weighted by Crippen LogP contribution is 2.45. The summed E-state index contributed by atoms with van der Waals surface area (Å²) in [6.45, 7) is 2.15. The number of fused-ring (bicyclic) bond motifs is 1. The molecule has 2 aromatic heterocycles. The van der Waals surface area contributed by atoms with Crippen LogP contribution in [0.1, 0.15) is 56.9 Å². The number of anilines is 2. The highest BCUT2D eigenvalue weighted by Gasteiger charge is 2.48. The fourth-order valence-corrected chi connectivity index (χ4v) is 9.38. The molecule has 0 radical (unpaired) electrons. The van der Waals surface area contributed by atoms with Gasteiger partial charge >= 0.3 is 12.5 Å². The Hall–Kier alpha value is -4.43. The first-order chi connectivity index (χ1) is 24.6. The molecular formula is C32H36F3N6O9S2-. The number of nitrogen functional groups attached to an aromatic ring is 1. The van der Waals surface area contributed by atoms with Crippen molar-refractivity contribution in [3.05, 3.63) is 36.2 Å². The fraction of sp³-hybridized carbons (Fsp3) is 0.531. The Kier molecular flexibility index (Phi) is 10.7. The van der Waals surface area contributed by atoms with E-state index in [0.717, 1.165) is 43.3 Å². The Labute approximate surface area is 300 Å². The molecule has 1 aromatic carbocycles. The molecule has 0 spiro atoms. The van der Waals surface area contributed by atoms with Gasteiger partial charge in [-0.1, -0.05) is 18.3 Å². The average molecular weight is 770 g/mol. The van der Waals surface area contributed by atoms with Crippen molar-refractivity contribution in [1.29, 1.82) is 0 Å². The van der Waals surface area contributed by atoms with Crippen molar-refractivity contribution in [2.45, 2.75) is 80.1 Å². The number of aliphatic carboxylic acids is 1. The number of alkyl halides is 3. The first-order valence-electron chi connectivity index (χ1n) is 16.6. The minimum absolute atomic E-state index is 0.00515. The van der Waals surface area contributed by atoms with Gasteiger partial charge in [0.1, 0.15) is 30.3 Å². The molecule has 2 aliphatic heterocycles. The lowest BCUT2D eigenvalue weighted by Crippen LogP contribution is -2.54. The van der Waals surface area contributed by atoms with Crippen LogP contribution in [0, 0.1) is 5.92 Å². The molecule has 1 aliphatic carbocycles. The van der Waals surface area contributed by atoms with Crippen LogP contribution in [0.5, 0.6) is 5.75 Å². The normalized spacial score (nSPS) is 23.2. The number of rotatable bonds is 11. The Balaban J connectivity index is 1.32. The molecule has 3 fully saturated rings. The molecule has 3 unspecified atom stereocenters. The van der Waals surface area contributed by atoms with Crippen molar-refractivity contribution >= 4 is 61.1 Å². The highest BCUT2D eigenvalue weighted by molar-refractivity contribution is 7.91. The Morgan fingerprint density at radius 1 is 1.13 bits per heavy atom. The van der Waals surface area contributed by atoms with Crippen LogP contribution in [0.25, 0.3) is 10.8 Å². The number of carboxylic acid groups (broad SMARTS) is 1. The third-order valence-electron chi connectivity index (χ3n) is 9.46. The van der Waals surface area contributed by atoms with Gasteiger partial charge in [0, 0.05) is 54.6 Å². The summed E-state index contributed by atoms with van der Waals surface area (Å²) in [6, 6.07) is 1.77. The summed E-state index contributed by atoms with van der Waals surface area (Å²) >= 11 is 0.980. The smallest absolute Gasteiger partial charge is 0.550 e. The number of pyridine rings is 1. The molecule has 4 heterocycles. The fourth-order valence-electron chi connectivity index (χ4n) is 6.97. The number of carbonyl (C=O) groups excluding carboxylic acids is 3. The number of nitrogens with two attached hydrogens (primary N) is 1. The van der Waals surface area contributed by atoms with Gasteiger partial charge < -0.3 is 39.6 Å². The first kappa shape index (κ1) is 37.3. The lowest BCUT2D eigenvalue weighted by molar-refractivity contribution is -0.311. The van der Waals surface area contributed by atoms with Gasteiger partial charge in [0.15, 0.2) is 9.34 Å². The van der Waals surface area contributed by atoms with E-state index in [4.69, 9.17) is 15.2 Å². The second kappa shape index (κ2) is 14.9. The van der Waals surface area contributed by atoms with Gasteiger partial charge in [-0.15, -0.1) is 13.2 Å². The van der Waals surface area contributed by atoms with Crippen LogP contribution in [-0.4, -0.2) is 92.1 Å². The van der Waals surface area contributed by atoms with Gasteiger partial charge in [0.25, 0.3) is 10.0 Å². The maximum atomic E-state index is 14.1. The van der Waals surface area contributed by atoms with Crippen molar-refractivity contribution in [3.63, 3.8) is 0 Å². The summed E-state index contributed by atoms with van der Waals surface area (Å²) in [5, 5.41) is 12.3. The van der Waals surface area contributed by atoms with Crippen LogP contribution < -0.4 is 25.2 Å². The number of nitrogens with zero attached hydrogens (tertiary/aromatic N) is 4. The number of benzene rings is 1. The van der Waals surface area contributed by atoms with Crippen LogP contribution in [0.2, 0.25) is 0 Å². The number of halogens is 3. The number of aromatic nitrogens is 2. The Morgan fingerprint density at radius 2 is 1.88 bits per heavy atom. The van der Waals surface area contributed by atoms with Crippen molar-refractivity contribution < 1.29 is 55.3 Å². The standard InChI is InChI=1S/C32H37F3N6O9S2/c1-17(29(43)44)16-48-31(45)49-23-6-4-5-19(21-13-18-7-9-37-27(36)20(18)14-24(21)50-32(33,34)35)26(23)41-12-8-22(28(41)42)39-52(46,47)25-15-38-30(51-25)40-10-2-3-11-40/h7,9,13-15,17,19,22-23,26,39H,2-6,8,10-12,16H2,1H3,(H2,36,37)(H,43,44)/p-1/t17-,19?,22+,23?,26?/m1/s1. The average Bonchev–Trinajstić information content (AvgIpc) is 3.86. The van der Waals surface area contributed by atoms with E-state index in [1.165, 1.54) is 30.3 Å². The van der Waals surface area contributed by atoms with Crippen LogP contribution in [-0.2, 0) is 29.1 Å². The number of ether oxygens (including phenoxy) is 3. The highest BCUT2D eigenvalue weighted by atomic mass is 32.2.